The maximum Gasteiger partial charge on any atom is 0.182 e. The van der Waals surface area contributed by atoms with Crippen molar-refractivity contribution < 1.29 is 0 Å². The summed E-state index contributed by atoms with van der Waals surface area (Å²) in [5, 5.41) is 7.48. The first-order valence-electron chi connectivity index (χ1n) is 15.5. The Hall–Kier alpha value is -6.14. The van der Waals surface area contributed by atoms with Gasteiger partial charge in [0.15, 0.2) is 11.6 Å². The zero-order valence-electron chi connectivity index (χ0n) is 25.3. The van der Waals surface area contributed by atoms with Gasteiger partial charge < -0.3 is 14.4 Å². The molecular weight excluding hydrogens is 564 g/mol. The molecule has 0 atom stereocenters. The van der Waals surface area contributed by atoms with Crippen LogP contribution >= 0.6 is 0 Å². The van der Waals surface area contributed by atoms with Crippen LogP contribution in [0.3, 0.4) is 0 Å². The summed E-state index contributed by atoms with van der Waals surface area (Å²) < 4.78 is 4.35. The predicted molar refractivity (Wildman–Crippen MR) is 188 cm³/mol. The Morgan fingerprint density at radius 3 is 2.02 bits per heavy atom. The molecule has 1 aliphatic rings. The van der Waals surface area contributed by atoms with Crippen LogP contribution in [0, 0.1) is 0 Å². The summed E-state index contributed by atoms with van der Waals surface area (Å²) in [6.45, 7) is 0.804. The van der Waals surface area contributed by atoms with Crippen LogP contribution in [0.15, 0.2) is 152 Å². The number of para-hydroxylation sites is 3. The highest BCUT2D eigenvalue weighted by Crippen LogP contribution is 2.41. The Morgan fingerprint density at radius 2 is 1.20 bits per heavy atom. The number of hydrogen-bond acceptors (Lipinski definition) is 4. The first-order valence-corrected chi connectivity index (χ1v) is 15.5. The summed E-state index contributed by atoms with van der Waals surface area (Å²) >= 11 is 0. The smallest absolute Gasteiger partial charge is 0.182 e. The fourth-order valence-corrected chi connectivity index (χ4v) is 6.74. The van der Waals surface area contributed by atoms with Crippen LogP contribution in [-0.2, 0) is 0 Å². The molecule has 3 heterocycles. The summed E-state index contributed by atoms with van der Waals surface area (Å²) in [6, 6.07) is 53.2. The van der Waals surface area contributed by atoms with E-state index in [2.05, 4.69) is 137 Å². The van der Waals surface area contributed by atoms with E-state index in [1.165, 1.54) is 22.1 Å². The van der Waals surface area contributed by atoms with Gasteiger partial charge in [0.2, 0.25) is 0 Å². The molecule has 0 spiro atoms. The van der Waals surface area contributed by atoms with E-state index in [1.54, 1.807) is 0 Å². The number of anilines is 3. The molecule has 0 N–H and O–H groups in total. The van der Waals surface area contributed by atoms with Gasteiger partial charge in [-0.25, -0.2) is 9.67 Å². The summed E-state index contributed by atoms with van der Waals surface area (Å²) in [6.07, 6.45) is 0. The second-order valence-electron chi connectivity index (χ2n) is 11.7. The first-order chi connectivity index (χ1) is 22.7. The van der Waals surface area contributed by atoms with Gasteiger partial charge in [0, 0.05) is 40.3 Å². The van der Waals surface area contributed by atoms with E-state index in [0.29, 0.717) is 5.82 Å². The lowest BCUT2D eigenvalue weighted by atomic mass is 10.1. The second-order valence-corrected chi connectivity index (χ2v) is 11.7. The number of fused-ring (bicyclic) bond motifs is 4. The first kappa shape index (κ1) is 26.3. The van der Waals surface area contributed by atoms with Crippen LogP contribution in [0.4, 0.5) is 17.1 Å². The van der Waals surface area contributed by atoms with Gasteiger partial charge in [0.1, 0.15) is 0 Å². The zero-order valence-corrected chi connectivity index (χ0v) is 25.3. The minimum absolute atomic E-state index is 0.698. The lowest BCUT2D eigenvalue weighted by Crippen LogP contribution is -2.24. The maximum absolute atomic E-state index is 5.07. The topological polar surface area (TPSA) is 42.1 Å². The summed E-state index contributed by atoms with van der Waals surface area (Å²) in [7, 11) is 2.15. The minimum Gasteiger partial charge on any atom is -0.355 e. The molecule has 6 aromatic carbocycles. The second kappa shape index (κ2) is 10.5. The molecule has 0 unspecified atom stereocenters. The highest BCUT2D eigenvalue weighted by Gasteiger charge is 2.24. The molecule has 220 valence electrons. The van der Waals surface area contributed by atoms with Crippen molar-refractivity contribution in [3.8, 4) is 34.2 Å². The van der Waals surface area contributed by atoms with E-state index in [0.717, 1.165) is 51.7 Å². The maximum atomic E-state index is 5.07. The third kappa shape index (κ3) is 4.19. The fourth-order valence-electron chi connectivity index (χ4n) is 6.74. The van der Waals surface area contributed by atoms with Gasteiger partial charge in [0.25, 0.3) is 0 Å². The number of hydrogen-bond donors (Lipinski definition) is 0. The Labute approximate surface area is 267 Å². The third-order valence-corrected chi connectivity index (χ3v) is 8.91. The van der Waals surface area contributed by atoms with Crippen LogP contribution in [0.25, 0.3) is 56.0 Å². The van der Waals surface area contributed by atoms with E-state index < -0.39 is 0 Å². The van der Waals surface area contributed by atoms with E-state index in [4.69, 9.17) is 10.1 Å². The van der Waals surface area contributed by atoms with Crippen molar-refractivity contribution in [1.29, 1.82) is 0 Å². The summed E-state index contributed by atoms with van der Waals surface area (Å²) in [5.41, 5.74) is 9.97. The lowest BCUT2D eigenvalue weighted by molar-refractivity contribution is 0.891. The third-order valence-electron chi connectivity index (χ3n) is 8.91. The molecule has 0 aliphatic carbocycles. The monoisotopic (exact) mass is 594 g/mol. The normalized spacial score (nSPS) is 12.7. The van der Waals surface area contributed by atoms with Crippen molar-refractivity contribution in [1.82, 2.24) is 19.3 Å². The predicted octanol–water partition coefficient (Wildman–Crippen LogP) is 9.24. The Bertz CT molecular complexity index is 2370. The van der Waals surface area contributed by atoms with Gasteiger partial charge in [-0.1, -0.05) is 103 Å². The Balaban J connectivity index is 1.24. The molecule has 9 rings (SSSR count). The lowest BCUT2D eigenvalue weighted by Gasteiger charge is -2.21. The quantitative estimate of drug-likeness (QED) is 0.199. The molecule has 0 radical (unpaired) electrons. The molecule has 0 saturated carbocycles. The minimum atomic E-state index is 0.698. The van der Waals surface area contributed by atoms with Crippen molar-refractivity contribution in [2.24, 2.45) is 0 Å². The van der Waals surface area contributed by atoms with E-state index in [-0.39, 0.29) is 0 Å². The number of aromatic nitrogens is 4. The number of rotatable bonds is 5. The van der Waals surface area contributed by atoms with E-state index >= 15 is 0 Å². The van der Waals surface area contributed by atoms with Crippen LogP contribution in [0.5, 0.6) is 0 Å². The Kier molecular flexibility index (Phi) is 5.99. The largest absolute Gasteiger partial charge is 0.355 e. The molecule has 6 nitrogen and oxygen atoms in total. The van der Waals surface area contributed by atoms with Gasteiger partial charge in [-0.15, -0.1) is 5.10 Å². The van der Waals surface area contributed by atoms with Crippen molar-refractivity contribution in [3.05, 3.63) is 152 Å². The standard InChI is InChI=1S/C40H30N6/c1-43-27-44(37-22-11-10-21-36(37)43)30-17-12-18-31(25-30)45-35-20-9-8-19-33(35)34-24-23-32(26-38(34)45)46-40(29-15-6-3-7-16-29)41-39(42-46)28-13-4-2-5-14-28/h2-26H,27H2,1H3. The molecule has 6 heteroatoms. The van der Waals surface area contributed by atoms with E-state index in [9.17, 15) is 0 Å². The molecule has 0 fully saturated rings. The summed E-state index contributed by atoms with van der Waals surface area (Å²) in [4.78, 5) is 9.72. The van der Waals surface area contributed by atoms with Crippen molar-refractivity contribution >= 4 is 38.9 Å². The molecule has 0 bridgehead atoms. The molecule has 0 saturated heterocycles. The number of nitrogens with zero attached hydrogens (tertiary/aromatic N) is 6. The Morgan fingerprint density at radius 1 is 0.522 bits per heavy atom. The number of benzene rings is 6. The molecule has 0 amide bonds. The zero-order chi connectivity index (χ0) is 30.6. The van der Waals surface area contributed by atoms with Gasteiger partial charge in [-0.05, 0) is 48.5 Å². The summed E-state index contributed by atoms with van der Waals surface area (Å²) in [5.74, 6) is 1.50. The highest BCUT2D eigenvalue weighted by molar-refractivity contribution is 6.09. The van der Waals surface area contributed by atoms with Crippen LogP contribution in [-0.4, -0.2) is 33.0 Å². The molecule has 1 aliphatic heterocycles. The van der Waals surface area contributed by atoms with Gasteiger partial charge >= 0.3 is 0 Å². The molecular formula is C40H30N6. The van der Waals surface area contributed by atoms with Crippen molar-refractivity contribution in [2.75, 3.05) is 23.5 Å². The van der Waals surface area contributed by atoms with Crippen molar-refractivity contribution in [2.45, 2.75) is 0 Å². The van der Waals surface area contributed by atoms with Gasteiger partial charge in [-0.2, -0.15) is 0 Å². The molecule has 2 aromatic heterocycles. The van der Waals surface area contributed by atoms with Crippen LogP contribution in [0.2, 0.25) is 0 Å². The average molecular weight is 595 g/mol. The van der Waals surface area contributed by atoms with Crippen molar-refractivity contribution in [3.63, 3.8) is 0 Å². The SMILES string of the molecule is CN1CN(c2cccc(-n3c4ccccc4c4ccc(-n5nc(-c6ccccc6)nc5-c5ccccc5)cc43)c2)c2ccccc21. The van der Waals surface area contributed by atoms with Gasteiger partial charge in [0.05, 0.1) is 34.8 Å². The van der Waals surface area contributed by atoms with Gasteiger partial charge in [-0.3, -0.25) is 0 Å². The highest BCUT2D eigenvalue weighted by atomic mass is 15.4. The average Bonchev–Trinajstić information content (AvgIpc) is 3.81. The van der Waals surface area contributed by atoms with Crippen LogP contribution < -0.4 is 9.80 Å². The molecule has 46 heavy (non-hydrogen) atoms. The molecule has 8 aromatic rings. The fraction of sp³-hybridized carbons (Fsp3) is 0.0500. The van der Waals surface area contributed by atoms with E-state index in [1.807, 2.05) is 41.1 Å². The van der Waals surface area contributed by atoms with Crippen LogP contribution in [0.1, 0.15) is 0 Å².